The van der Waals surface area contributed by atoms with Crippen LogP contribution in [0.25, 0.3) is 0 Å². The summed E-state index contributed by atoms with van der Waals surface area (Å²) in [6, 6.07) is 0.858. The lowest BCUT2D eigenvalue weighted by molar-refractivity contribution is 0.123. The molecule has 0 bridgehead atoms. The summed E-state index contributed by atoms with van der Waals surface area (Å²) in [7, 11) is 5.35. The third-order valence-corrected chi connectivity index (χ3v) is 4.67. The quantitative estimate of drug-likeness (QED) is 0.428. The van der Waals surface area contributed by atoms with E-state index in [4.69, 9.17) is 13.3 Å². The van der Waals surface area contributed by atoms with Gasteiger partial charge in [-0.25, -0.2) is 0 Å². The molecule has 88 valence electrons. The number of rotatable bonds is 7. The van der Waals surface area contributed by atoms with Gasteiger partial charge in [0.05, 0.1) is 10.4 Å². The number of nitrogens with two attached hydrogens (primary N) is 1. The molecule has 3 N–H and O–H groups in total. The Balaban J connectivity index is 0. The lowest BCUT2D eigenvalue weighted by Crippen LogP contribution is -2.43. The van der Waals surface area contributed by atoms with Crippen molar-refractivity contribution in [1.82, 2.24) is 5.32 Å². The third-order valence-electron chi connectivity index (χ3n) is 1.84. The Morgan fingerprint density at radius 2 is 1.57 bits per heavy atom. The highest BCUT2D eigenvalue weighted by Crippen LogP contribution is 2.13. The zero-order chi connectivity index (χ0) is 11.4. The zero-order valence-corrected chi connectivity index (χ0v) is 12.9. The summed E-state index contributed by atoms with van der Waals surface area (Å²) in [5, 5.41) is 7.71. The van der Waals surface area contributed by atoms with Gasteiger partial charge in [-0.1, -0.05) is 0 Å². The molecule has 0 saturated heterocycles. The van der Waals surface area contributed by atoms with Crippen LogP contribution in [-0.2, 0) is 13.3 Å². The van der Waals surface area contributed by atoms with E-state index in [0.717, 1.165) is 29.4 Å². The van der Waals surface area contributed by atoms with Crippen molar-refractivity contribution >= 4 is 19.2 Å². The van der Waals surface area contributed by atoms with Crippen molar-refractivity contribution in [1.29, 1.82) is 0 Å². The summed E-state index contributed by atoms with van der Waals surface area (Å²) >= 11 is 0. The molecular weight excluding hydrogens is 216 g/mol. The van der Waals surface area contributed by atoms with Crippen molar-refractivity contribution in [2.45, 2.75) is 12.5 Å². The second kappa shape index (κ2) is 11.3. The van der Waals surface area contributed by atoms with Crippen LogP contribution in [0.3, 0.4) is 0 Å². The van der Waals surface area contributed by atoms with E-state index in [0.29, 0.717) is 0 Å². The Kier molecular flexibility index (Phi) is 13.5. The van der Waals surface area contributed by atoms with Crippen molar-refractivity contribution in [2.24, 2.45) is 5.40 Å². The predicted octanol–water partition coefficient (Wildman–Crippen LogP) is -1.30. The fourth-order valence-corrected chi connectivity index (χ4v) is 2.76. The fourth-order valence-electron chi connectivity index (χ4n) is 1.04. The average Bonchev–Trinajstić information content (AvgIpc) is 2.28. The molecule has 0 aliphatic rings. The lowest BCUT2D eigenvalue weighted by atomic mass is 10.5. The average molecular weight is 240 g/mol. The van der Waals surface area contributed by atoms with Gasteiger partial charge >= 0.3 is 8.80 Å². The third kappa shape index (κ3) is 6.65. The maximum Gasteiger partial charge on any atom is 0.500 e. The van der Waals surface area contributed by atoms with Gasteiger partial charge in [0.2, 0.25) is 0 Å². The summed E-state index contributed by atoms with van der Waals surface area (Å²) in [5.41, 5.74) is 0. The van der Waals surface area contributed by atoms with Crippen LogP contribution in [0.5, 0.6) is 0 Å². The lowest BCUT2D eigenvalue weighted by Gasteiger charge is -2.24. The Morgan fingerprint density at radius 3 is 1.86 bits per heavy atom. The van der Waals surface area contributed by atoms with Crippen molar-refractivity contribution < 1.29 is 13.3 Å². The normalized spacial score (nSPS) is 10.9. The van der Waals surface area contributed by atoms with Gasteiger partial charge in [0.1, 0.15) is 0 Å². The molecule has 0 spiro atoms. The largest absolute Gasteiger partial charge is 0.500 e. The first-order chi connectivity index (χ1) is 6.74. The van der Waals surface area contributed by atoms with E-state index in [2.05, 4.69) is 10.7 Å². The molecule has 0 amide bonds. The van der Waals surface area contributed by atoms with Gasteiger partial charge in [0.25, 0.3) is 0 Å². The van der Waals surface area contributed by atoms with Crippen molar-refractivity contribution in [3.63, 3.8) is 0 Å². The molecule has 0 unspecified atom stereocenters. The second-order valence-corrected chi connectivity index (χ2v) is 5.59. The smallest absolute Gasteiger partial charge is 0.377 e. The summed E-state index contributed by atoms with van der Waals surface area (Å²) in [6.45, 7) is 0.963. The van der Waals surface area contributed by atoms with Gasteiger partial charge in [-0.15, -0.1) is 0 Å². The first-order valence-corrected chi connectivity index (χ1v) is 7.71. The topological polar surface area (TPSA) is 65.7 Å². The van der Waals surface area contributed by atoms with Gasteiger partial charge in [-0.2, -0.15) is 0 Å². The molecule has 0 saturated carbocycles. The Labute approximate surface area is 91.2 Å². The molecule has 5 nitrogen and oxygen atoms in total. The number of hydrogen-bond donors (Lipinski definition) is 2. The molecule has 0 atom stereocenters. The summed E-state index contributed by atoms with van der Waals surface area (Å²) in [4.78, 5) is 0. The van der Waals surface area contributed by atoms with Crippen LogP contribution in [0.15, 0.2) is 0 Å². The first kappa shape index (κ1) is 16.7. The Hall–Kier alpha value is 0.234. The molecule has 0 aromatic heterocycles. The van der Waals surface area contributed by atoms with Crippen LogP contribution in [-0.4, -0.2) is 54.1 Å². The zero-order valence-electron chi connectivity index (χ0n) is 9.92. The molecule has 0 aromatic rings. The van der Waals surface area contributed by atoms with E-state index >= 15 is 0 Å². The SMILES string of the molecule is CNCCC[Si](OC)(OC)OC.N[SiH3]. The summed E-state index contributed by atoms with van der Waals surface area (Å²) < 4.78 is 15.7. The van der Waals surface area contributed by atoms with E-state index < -0.39 is 8.80 Å². The molecule has 14 heavy (non-hydrogen) atoms. The summed E-state index contributed by atoms with van der Waals surface area (Å²) in [6.07, 6.45) is 1.01. The predicted molar refractivity (Wildman–Crippen MR) is 64.3 cm³/mol. The highest BCUT2D eigenvalue weighted by molar-refractivity contribution is 6.60. The molecule has 0 aliphatic heterocycles. The van der Waals surface area contributed by atoms with E-state index in [1.807, 2.05) is 7.05 Å². The number of nitrogens with one attached hydrogen (secondary N) is 1. The van der Waals surface area contributed by atoms with Crippen LogP contribution < -0.4 is 10.7 Å². The maximum atomic E-state index is 5.25. The van der Waals surface area contributed by atoms with Crippen LogP contribution in [0.4, 0.5) is 0 Å². The van der Waals surface area contributed by atoms with Crippen molar-refractivity contribution in [3.05, 3.63) is 0 Å². The highest BCUT2D eigenvalue weighted by atomic mass is 28.4. The van der Waals surface area contributed by atoms with E-state index in [1.165, 1.54) is 0 Å². The Morgan fingerprint density at radius 1 is 1.14 bits per heavy atom. The van der Waals surface area contributed by atoms with Gasteiger partial charge in [-0.3, -0.25) is 0 Å². The van der Waals surface area contributed by atoms with Gasteiger partial charge < -0.3 is 24.0 Å². The summed E-state index contributed by atoms with van der Waals surface area (Å²) in [5.74, 6) is 0. The molecule has 0 aliphatic carbocycles. The maximum absolute atomic E-state index is 5.25. The molecule has 0 fully saturated rings. The standard InChI is InChI=1S/C7H19NO3Si.H5NSi/c1-8-6-5-7-12(9-2,10-3)11-4;1-2/h8H,5-7H2,1-4H3;1H2,2H3. The van der Waals surface area contributed by atoms with Crippen LogP contribution in [0.1, 0.15) is 6.42 Å². The molecule has 0 aromatic carbocycles. The second-order valence-electron chi connectivity index (χ2n) is 2.50. The van der Waals surface area contributed by atoms with E-state index in [-0.39, 0.29) is 0 Å². The molecule has 0 rings (SSSR count). The number of hydrogen-bond acceptors (Lipinski definition) is 5. The molecule has 0 heterocycles. The molecular formula is C7H24N2O3Si2. The first-order valence-electron chi connectivity index (χ1n) is 4.62. The van der Waals surface area contributed by atoms with Crippen molar-refractivity contribution in [2.75, 3.05) is 34.9 Å². The van der Waals surface area contributed by atoms with Crippen LogP contribution >= 0.6 is 0 Å². The van der Waals surface area contributed by atoms with E-state index in [1.54, 1.807) is 21.3 Å². The fraction of sp³-hybridized carbons (Fsp3) is 1.00. The minimum atomic E-state index is -2.29. The Bertz CT molecular complexity index is 107. The highest BCUT2D eigenvalue weighted by Gasteiger charge is 2.36. The minimum absolute atomic E-state index is 0.806. The van der Waals surface area contributed by atoms with Gasteiger partial charge in [0.15, 0.2) is 0 Å². The van der Waals surface area contributed by atoms with Crippen LogP contribution in [0.2, 0.25) is 6.04 Å². The van der Waals surface area contributed by atoms with Gasteiger partial charge in [-0.05, 0) is 20.0 Å². The minimum Gasteiger partial charge on any atom is -0.377 e. The van der Waals surface area contributed by atoms with E-state index in [9.17, 15) is 0 Å². The molecule has 0 radical (unpaired) electrons. The monoisotopic (exact) mass is 240 g/mol. The molecule has 7 heteroatoms. The van der Waals surface area contributed by atoms with Gasteiger partial charge in [0, 0.05) is 27.4 Å². The van der Waals surface area contributed by atoms with Crippen LogP contribution in [0, 0.1) is 0 Å². The van der Waals surface area contributed by atoms with Crippen molar-refractivity contribution in [3.8, 4) is 0 Å².